The van der Waals surface area contributed by atoms with E-state index in [9.17, 15) is 9.18 Å². The summed E-state index contributed by atoms with van der Waals surface area (Å²) in [6.07, 6.45) is 0.884. The molecule has 0 saturated carbocycles. The van der Waals surface area contributed by atoms with Crippen LogP contribution >= 0.6 is 0 Å². The fraction of sp³-hybridized carbons (Fsp3) is 0.500. The van der Waals surface area contributed by atoms with Gasteiger partial charge in [-0.1, -0.05) is 20.8 Å². The maximum atomic E-state index is 13.2. The van der Waals surface area contributed by atoms with E-state index in [1.165, 1.54) is 6.07 Å². The Balaban J connectivity index is 3.05. The van der Waals surface area contributed by atoms with E-state index < -0.39 is 0 Å². The third-order valence-electron chi connectivity index (χ3n) is 2.66. The molecule has 0 atom stereocenters. The number of nitrogens with zero attached hydrogens (tertiary/aromatic N) is 1. The van der Waals surface area contributed by atoms with Crippen molar-refractivity contribution in [3.63, 3.8) is 0 Å². The quantitative estimate of drug-likeness (QED) is 0.784. The fourth-order valence-corrected chi connectivity index (χ4v) is 1.70. The lowest BCUT2D eigenvalue weighted by molar-refractivity contribution is -0.121. The number of carbonyl (C=O) groups excluding carboxylic acids is 1. The normalized spacial score (nSPS) is 10.7. The van der Waals surface area contributed by atoms with E-state index in [-0.39, 0.29) is 17.6 Å². The van der Waals surface area contributed by atoms with Crippen molar-refractivity contribution < 1.29 is 9.18 Å². The molecule has 0 spiro atoms. The van der Waals surface area contributed by atoms with E-state index in [1.54, 1.807) is 24.0 Å². The second kappa shape index (κ2) is 5.80. The Morgan fingerprint density at radius 1 is 1.41 bits per heavy atom. The maximum Gasteiger partial charge on any atom is 0.229 e. The summed E-state index contributed by atoms with van der Waals surface area (Å²) < 4.78 is 13.2. The van der Waals surface area contributed by atoms with Crippen molar-refractivity contribution in [1.82, 2.24) is 0 Å². The number of hydrogen-bond donors (Lipinski definition) is 0. The van der Waals surface area contributed by atoms with Gasteiger partial charge in [0.2, 0.25) is 5.91 Å². The van der Waals surface area contributed by atoms with Crippen LogP contribution in [0.15, 0.2) is 18.2 Å². The third-order valence-corrected chi connectivity index (χ3v) is 2.66. The van der Waals surface area contributed by atoms with Gasteiger partial charge in [0, 0.05) is 18.2 Å². The average molecular weight is 237 g/mol. The Bertz CT molecular complexity index is 401. The van der Waals surface area contributed by atoms with Gasteiger partial charge in [-0.25, -0.2) is 4.39 Å². The first-order valence-electron chi connectivity index (χ1n) is 6.05. The van der Waals surface area contributed by atoms with Crippen molar-refractivity contribution in [2.24, 2.45) is 5.92 Å². The molecule has 3 heteroatoms. The molecule has 0 heterocycles. The van der Waals surface area contributed by atoms with Crippen molar-refractivity contribution in [3.05, 3.63) is 29.6 Å². The SMILES string of the molecule is CCCN(C(=O)C(C)C)c1ccc(F)c(C)c1. The summed E-state index contributed by atoms with van der Waals surface area (Å²) in [6, 6.07) is 4.81. The van der Waals surface area contributed by atoms with Gasteiger partial charge in [-0.3, -0.25) is 4.79 Å². The zero-order valence-corrected chi connectivity index (χ0v) is 11.0. The Kier molecular flexibility index (Phi) is 4.67. The molecule has 0 N–H and O–H groups in total. The van der Waals surface area contributed by atoms with E-state index >= 15 is 0 Å². The summed E-state index contributed by atoms with van der Waals surface area (Å²) in [7, 11) is 0. The Labute approximate surface area is 102 Å². The van der Waals surface area contributed by atoms with Crippen molar-refractivity contribution >= 4 is 11.6 Å². The monoisotopic (exact) mass is 237 g/mol. The van der Waals surface area contributed by atoms with Crippen molar-refractivity contribution in [2.45, 2.75) is 34.1 Å². The molecule has 0 radical (unpaired) electrons. The molecule has 2 nitrogen and oxygen atoms in total. The van der Waals surface area contributed by atoms with Crippen LogP contribution in [0.2, 0.25) is 0 Å². The zero-order chi connectivity index (χ0) is 13.0. The molecule has 1 aromatic rings. The standard InChI is InChI=1S/C14H20FNO/c1-5-8-16(14(17)10(2)3)12-6-7-13(15)11(4)9-12/h6-7,9-10H,5,8H2,1-4H3. The summed E-state index contributed by atoms with van der Waals surface area (Å²) in [5.74, 6) is -0.202. The molecular formula is C14H20FNO. The minimum atomic E-state index is -0.234. The van der Waals surface area contributed by atoms with Crippen LogP contribution in [0.3, 0.4) is 0 Å². The van der Waals surface area contributed by atoms with E-state index in [2.05, 4.69) is 0 Å². The number of amides is 1. The number of rotatable bonds is 4. The van der Waals surface area contributed by atoms with Crippen LogP contribution in [-0.2, 0) is 4.79 Å². The molecule has 94 valence electrons. The van der Waals surface area contributed by atoms with Crippen LogP contribution < -0.4 is 4.90 Å². The molecule has 0 aliphatic heterocycles. The largest absolute Gasteiger partial charge is 0.312 e. The molecular weight excluding hydrogens is 217 g/mol. The average Bonchev–Trinajstić information content (AvgIpc) is 2.29. The highest BCUT2D eigenvalue weighted by molar-refractivity contribution is 5.94. The number of hydrogen-bond acceptors (Lipinski definition) is 1. The maximum absolute atomic E-state index is 13.2. The second-order valence-corrected chi connectivity index (χ2v) is 4.58. The summed E-state index contributed by atoms with van der Waals surface area (Å²) in [4.78, 5) is 13.8. The molecule has 1 rings (SSSR count). The highest BCUT2D eigenvalue weighted by Crippen LogP contribution is 2.20. The van der Waals surface area contributed by atoms with Crippen LogP contribution in [0.4, 0.5) is 10.1 Å². The van der Waals surface area contributed by atoms with Crippen molar-refractivity contribution in [1.29, 1.82) is 0 Å². The first-order valence-corrected chi connectivity index (χ1v) is 6.05. The summed E-state index contributed by atoms with van der Waals surface area (Å²) in [5.41, 5.74) is 1.35. The predicted octanol–water partition coefficient (Wildman–Crippen LogP) is 3.53. The van der Waals surface area contributed by atoms with Crippen LogP contribution in [-0.4, -0.2) is 12.5 Å². The zero-order valence-electron chi connectivity index (χ0n) is 11.0. The van der Waals surface area contributed by atoms with Gasteiger partial charge >= 0.3 is 0 Å². The molecule has 0 aromatic heterocycles. The van der Waals surface area contributed by atoms with Gasteiger partial charge in [0.1, 0.15) is 5.82 Å². The van der Waals surface area contributed by atoms with Gasteiger partial charge in [-0.2, -0.15) is 0 Å². The highest BCUT2D eigenvalue weighted by Gasteiger charge is 2.18. The molecule has 0 bridgehead atoms. The van der Waals surface area contributed by atoms with E-state index in [1.807, 2.05) is 20.8 Å². The van der Waals surface area contributed by atoms with E-state index in [0.29, 0.717) is 12.1 Å². The van der Waals surface area contributed by atoms with Crippen LogP contribution in [0, 0.1) is 18.7 Å². The van der Waals surface area contributed by atoms with E-state index in [4.69, 9.17) is 0 Å². The first kappa shape index (κ1) is 13.7. The summed E-state index contributed by atoms with van der Waals surface area (Å²) >= 11 is 0. The number of carbonyl (C=O) groups is 1. The molecule has 1 aromatic carbocycles. The van der Waals surface area contributed by atoms with Crippen LogP contribution in [0.25, 0.3) is 0 Å². The van der Waals surface area contributed by atoms with Gasteiger partial charge < -0.3 is 4.90 Å². The fourth-order valence-electron chi connectivity index (χ4n) is 1.70. The molecule has 1 amide bonds. The molecule has 0 aliphatic carbocycles. The smallest absolute Gasteiger partial charge is 0.229 e. The number of aryl methyl sites for hydroxylation is 1. The van der Waals surface area contributed by atoms with Crippen LogP contribution in [0.5, 0.6) is 0 Å². The minimum Gasteiger partial charge on any atom is -0.312 e. The van der Waals surface area contributed by atoms with Gasteiger partial charge in [0.15, 0.2) is 0 Å². The van der Waals surface area contributed by atoms with Gasteiger partial charge in [0.05, 0.1) is 0 Å². The Hall–Kier alpha value is -1.38. The van der Waals surface area contributed by atoms with E-state index in [0.717, 1.165) is 12.1 Å². The van der Waals surface area contributed by atoms with Gasteiger partial charge in [-0.15, -0.1) is 0 Å². The Morgan fingerprint density at radius 3 is 2.53 bits per heavy atom. The number of halogens is 1. The lowest BCUT2D eigenvalue weighted by Crippen LogP contribution is -2.35. The van der Waals surface area contributed by atoms with Crippen molar-refractivity contribution in [2.75, 3.05) is 11.4 Å². The minimum absolute atomic E-state index is 0.0492. The topological polar surface area (TPSA) is 20.3 Å². The third kappa shape index (κ3) is 3.29. The molecule has 0 saturated heterocycles. The highest BCUT2D eigenvalue weighted by atomic mass is 19.1. The lowest BCUT2D eigenvalue weighted by atomic mass is 10.1. The number of benzene rings is 1. The summed E-state index contributed by atoms with van der Waals surface area (Å²) in [6.45, 7) is 8.16. The lowest BCUT2D eigenvalue weighted by Gasteiger charge is -2.24. The summed E-state index contributed by atoms with van der Waals surface area (Å²) in [5, 5.41) is 0. The molecule has 17 heavy (non-hydrogen) atoms. The van der Waals surface area contributed by atoms with Crippen molar-refractivity contribution in [3.8, 4) is 0 Å². The van der Waals surface area contributed by atoms with Gasteiger partial charge in [0.25, 0.3) is 0 Å². The second-order valence-electron chi connectivity index (χ2n) is 4.58. The Morgan fingerprint density at radius 2 is 2.06 bits per heavy atom. The van der Waals surface area contributed by atoms with Crippen LogP contribution in [0.1, 0.15) is 32.8 Å². The number of anilines is 1. The molecule has 0 aliphatic rings. The molecule has 0 fully saturated rings. The molecule has 0 unspecified atom stereocenters. The predicted molar refractivity (Wildman–Crippen MR) is 68.6 cm³/mol. The van der Waals surface area contributed by atoms with Gasteiger partial charge in [-0.05, 0) is 37.1 Å². The first-order chi connectivity index (χ1) is 7.97.